The van der Waals surface area contributed by atoms with Gasteiger partial charge in [0.2, 0.25) is 0 Å². The van der Waals surface area contributed by atoms with E-state index < -0.39 is 25.8 Å². The summed E-state index contributed by atoms with van der Waals surface area (Å²) in [5, 5.41) is -0.329. The van der Waals surface area contributed by atoms with Gasteiger partial charge in [0.1, 0.15) is 24.6 Å². The van der Waals surface area contributed by atoms with E-state index in [1.165, 1.54) is 31.0 Å². The van der Waals surface area contributed by atoms with Crippen molar-refractivity contribution < 1.29 is 28.0 Å². The van der Waals surface area contributed by atoms with Crippen molar-refractivity contribution in [2.24, 2.45) is 0 Å². The first kappa shape index (κ1) is 20.1. The molecule has 2 aromatic heterocycles. The molecule has 28 heavy (non-hydrogen) atoms. The molecule has 1 aromatic carbocycles. The highest BCUT2D eigenvalue weighted by Crippen LogP contribution is 2.31. The molecule has 11 heteroatoms. The molecule has 0 aliphatic carbocycles. The molecule has 2 heterocycles. The molecule has 0 aliphatic heterocycles. The smallest absolute Gasteiger partial charge is 0.200 e. The molecule has 0 N–H and O–H groups in total. The van der Waals surface area contributed by atoms with Gasteiger partial charge in [0, 0.05) is 29.7 Å². The summed E-state index contributed by atoms with van der Waals surface area (Å²) in [6.07, 6.45) is 5.85. The fourth-order valence-corrected chi connectivity index (χ4v) is 2.94. The van der Waals surface area contributed by atoms with Gasteiger partial charge in [0.25, 0.3) is 0 Å². The Morgan fingerprint density at radius 3 is 2.61 bits per heavy atom. The monoisotopic (exact) mass is 407 g/mol. The van der Waals surface area contributed by atoms with Gasteiger partial charge in [0.05, 0.1) is 25.3 Å². The SMILES string of the molecule is CCCOc1ccc(F)c2c(=O)c(-c3cncnc3)cn(COP(=O)([O-])[O-])c12. The van der Waals surface area contributed by atoms with Crippen molar-refractivity contribution in [3.8, 4) is 16.9 Å². The van der Waals surface area contributed by atoms with Crippen molar-refractivity contribution in [2.45, 2.75) is 20.1 Å². The first-order valence-electron chi connectivity index (χ1n) is 8.22. The summed E-state index contributed by atoms with van der Waals surface area (Å²) in [5.41, 5.74) is -0.384. The highest BCUT2D eigenvalue weighted by atomic mass is 31.2. The number of hydrogen-bond donors (Lipinski definition) is 0. The number of halogens is 1. The number of nitrogens with zero attached hydrogens (tertiary/aromatic N) is 3. The summed E-state index contributed by atoms with van der Waals surface area (Å²) >= 11 is 0. The first-order chi connectivity index (χ1) is 13.3. The predicted octanol–water partition coefficient (Wildman–Crippen LogP) is 1.19. The fourth-order valence-electron chi connectivity index (χ4n) is 2.67. The minimum absolute atomic E-state index is 0.00914. The average Bonchev–Trinajstić information content (AvgIpc) is 2.66. The van der Waals surface area contributed by atoms with E-state index in [0.717, 1.165) is 10.6 Å². The number of rotatable bonds is 7. The van der Waals surface area contributed by atoms with E-state index >= 15 is 0 Å². The van der Waals surface area contributed by atoms with Gasteiger partial charge in [-0.15, -0.1) is 0 Å². The van der Waals surface area contributed by atoms with Crippen LogP contribution in [0, 0.1) is 5.82 Å². The predicted molar refractivity (Wildman–Crippen MR) is 93.7 cm³/mol. The molecule has 0 bridgehead atoms. The topological polar surface area (TPSA) is 129 Å². The normalized spacial score (nSPS) is 11.7. The third-order valence-corrected chi connectivity index (χ3v) is 4.25. The molecular formula is C17H15FN3O6P-2. The van der Waals surface area contributed by atoms with E-state index in [9.17, 15) is 23.5 Å². The molecule has 0 saturated carbocycles. The van der Waals surface area contributed by atoms with Crippen LogP contribution in [0.3, 0.4) is 0 Å². The Labute approximate surface area is 158 Å². The number of ether oxygens (including phenoxy) is 1. The maximum Gasteiger partial charge on any atom is 0.200 e. The minimum Gasteiger partial charge on any atom is -0.790 e. The standard InChI is InChI=1S/C17H17FN3O6P/c1-2-5-26-14-4-3-13(18)15-16(14)21(10-27-28(23,24)25)8-12(17(15)22)11-6-19-9-20-7-11/h3-4,6-9H,2,5,10H2,1H3,(H2,23,24,25)/p-2. The van der Waals surface area contributed by atoms with Crippen LogP contribution >= 0.6 is 7.82 Å². The molecule has 0 unspecified atom stereocenters. The summed E-state index contributed by atoms with van der Waals surface area (Å²) in [6, 6.07) is 2.40. The number of hydrogen-bond acceptors (Lipinski definition) is 8. The van der Waals surface area contributed by atoms with E-state index in [0.29, 0.717) is 6.42 Å². The van der Waals surface area contributed by atoms with E-state index in [1.54, 1.807) is 0 Å². The molecule has 0 radical (unpaired) electrons. The lowest BCUT2D eigenvalue weighted by Crippen LogP contribution is -2.20. The Bertz CT molecular complexity index is 1100. The van der Waals surface area contributed by atoms with Crippen LogP contribution in [-0.4, -0.2) is 21.1 Å². The van der Waals surface area contributed by atoms with Gasteiger partial charge < -0.3 is 28.2 Å². The second-order valence-corrected chi connectivity index (χ2v) is 6.94. The van der Waals surface area contributed by atoms with Crippen molar-refractivity contribution in [1.82, 2.24) is 14.5 Å². The average molecular weight is 407 g/mol. The van der Waals surface area contributed by atoms with Gasteiger partial charge in [0.15, 0.2) is 5.43 Å². The van der Waals surface area contributed by atoms with Crippen LogP contribution in [0.2, 0.25) is 0 Å². The number of aromatic nitrogens is 3. The quantitative estimate of drug-likeness (QED) is 0.534. The van der Waals surface area contributed by atoms with Gasteiger partial charge in [-0.3, -0.25) is 4.79 Å². The maximum absolute atomic E-state index is 14.6. The molecule has 9 nitrogen and oxygen atoms in total. The van der Waals surface area contributed by atoms with Crippen LogP contribution in [0.15, 0.2) is 41.8 Å². The molecule has 3 rings (SSSR count). The lowest BCUT2D eigenvalue weighted by atomic mass is 10.1. The summed E-state index contributed by atoms with van der Waals surface area (Å²) in [6.45, 7) is 1.39. The van der Waals surface area contributed by atoms with E-state index in [1.807, 2.05) is 6.92 Å². The van der Waals surface area contributed by atoms with Gasteiger partial charge in [-0.25, -0.2) is 14.4 Å². The highest BCUT2D eigenvalue weighted by molar-refractivity contribution is 7.43. The number of benzene rings is 1. The van der Waals surface area contributed by atoms with Crippen LogP contribution in [0.4, 0.5) is 4.39 Å². The van der Waals surface area contributed by atoms with Gasteiger partial charge in [-0.1, -0.05) is 6.92 Å². The molecule has 0 aliphatic rings. The van der Waals surface area contributed by atoms with E-state index in [-0.39, 0.29) is 34.4 Å². The third kappa shape index (κ3) is 4.26. The zero-order chi connectivity index (χ0) is 20.3. The summed E-state index contributed by atoms with van der Waals surface area (Å²) in [7, 11) is -5.31. The van der Waals surface area contributed by atoms with Crippen molar-refractivity contribution in [3.05, 3.63) is 53.1 Å². The molecule has 0 fully saturated rings. The van der Waals surface area contributed by atoms with Gasteiger partial charge >= 0.3 is 0 Å². The largest absolute Gasteiger partial charge is 0.790 e. The van der Waals surface area contributed by atoms with E-state index in [4.69, 9.17) is 4.74 Å². The Hall–Kier alpha value is -2.65. The Morgan fingerprint density at radius 2 is 1.96 bits per heavy atom. The van der Waals surface area contributed by atoms with Gasteiger partial charge in [-0.2, -0.15) is 0 Å². The summed E-state index contributed by atoms with van der Waals surface area (Å²) in [5.74, 6) is -0.676. The lowest BCUT2D eigenvalue weighted by Gasteiger charge is -2.29. The van der Waals surface area contributed by atoms with Crippen LogP contribution in [0.5, 0.6) is 5.75 Å². The number of pyridine rings is 1. The van der Waals surface area contributed by atoms with Crippen molar-refractivity contribution >= 4 is 18.7 Å². The molecule has 148 valence electrons. The first-order valence-corrected chi connectivity index (χ1v) is 9.68. The summed E-state index contributed by atoms with van der Waals surface area (Å²) < 4.78 is 36.6. The van der Waals surface area contributed by atoms with Crippen LogP contribution in [-0.2, 0) is 15.8 Å². The Balaban J connectivity index is 2.31. The van der Waals surface area contributed by atoms with Gasteiger partial charge in [-0.05, 0) is 18.6 Å². The van der Waals surface area contributed by atoms with Crippen LogP contribution in [0.1, 0.15) is 13.3 Å². The molecule has 0 amide bonds. The zero-order valence-electron chi connectivity index (χ0n) is 14.7. The van der Waals surface area contributed by atoms with Crippen molar-refractivity contribution in [1.29, 1.82) is 0 Å². The zero-order valence-corrected chi connectivity index (χ0v) is 15.6. The second-order valence-electron chi connectivity index (χ2n) is 5.79. The number of fused-ring (bicyclic) bond motifs is 1. The Morgan fingerprint density at radius 1 is 1.25 bits per heavy atom. The third-order valence-electron chi connectivity index (χ3n) is 3.82. The molecule has 0 atom stereocenters. The second kappa shape index (κ2) is 8.15. The molecule has 3 aromatic rings. The fraction of sp³-hybridized carbons (Fsp3) is 0.235. The number of phosphoric ester groups is 1. The van der Waals surface area contributed by atoms with Crippen LogP contribution < -0.4 is 20.0 Å². The van der Waals surface area contributed by atoms with Crippen molar-refractivity contribution in [2.75, 3.05) is 6.61 Å². The number of phosphoric acid groups is 1. The minimum atomic E-state index is -5.31. The molecule has 0 spiro atoms. The van der Waals surface area contributed by atoms with Crippen LogP contribution in [0.25, 0.3) is 22.0 Å². The summed E-state index contributed by atoms with van der Waals surface area (Å²) in [4.78, 5) is 42.5. The van der Waals surface area contributed by atoms with E-state index in [2.05, 4.69) is 14.5 Å². The molecular weight excluding hydrogens is 392 g/mol. The lowest BCUT2D eigenvalue weighted by molar-refractivity contribution is -0.344. The Kier molecular flexibility index (Phi) is 5.85. The molecule has 0 saturated heterocycles. The van der Waals surface area contributed by atoms with Crippen molar-refractivity contribution in [3.63, 3.8) is 0 Å². The maximum atomic E-state index is 14.6. The highest BCUT2D eigenvalue weighted by Gasteiger charge is 2.19.